The van der Waals surface area contributed by atoms with Crippen molar-refractivity contribution in [3.8, 4) is 17.4 Å². The summed E-state index contributed by atoms with van der Waals surface area (Å²) in [5, 5.41) is 2.91. The van der Waals surface area contributed by atoms with Crippen LogP contribution in [0.25, 0.3) is 5.82 Å². The van der Waals surface area contributed by atoms with E-state index in [1.54, 1.807) is 18.2 Å². The summed E-state index contributed by atoms with van der Waals surface area (Å²) < 4.78 is 13.0. The highest BCUT2D eigenvalue weighted by atomic mass is 16.5. The number of benzene rings is 1. The number of carbonyl (C=O) groups is 1. The molecule has 0 radical (unpaired) electrons. The van der Waals surface area contributed by atoms with Crippen LogP contribution in [0.4, 0.5) is 5.69 Å². The van der Waals surface area contributed by atoms with Crippen LogP contribution in [0.15, 0.2) is 54.9 Å². The third kappa shape index (κ3) is 4.15. The number of amides is 1. The van der Waals surface area contributed by atoms with Crippen LogP contribution in [-0.2, 0) is 9.53 Å². The Hall–Kier alpha value is -3.19. The van der Waals surface area contributed by atoms with Crippen molar-refractivity contribution >= 4 is 11.6 Å². The molecular formula is C20H20N4O3. The van der Waals surface area contributed by atoms with Gasteiger partial charge in [-0.15, -0.1) is 0 Å². The smallest absolute Gasteiger partial charge is 0.229 e. The van der Waals surface area contributed by atoms with Gasteiger partial charge in [-0.2, -0.15) is 4.98 Å². The Balaban J connectivity index is 1.44. The molecule has 1 saturated heterocycles. The number of hydrogen-bond donors (Lipinski definition) is 1. The van der Waals surface area contributed by atoms with E-state index in [-0.39, 0.29) is 11.8 Å². The maximum Gasteiger partial charge on any atom is 0.229 e. The van der Waals surface area contributed by atoms with Gasteiger partial charge >= 0.3 is 0 Å². The first-order valence-electron chi connectivity index (χ1n) is 8.83. The van der Waals surface area contributed by atoms with Gasteiger partial charge in [-0.05, 0) is 49.7 Å². The Bertz CT molecular complexity index is 917. The molecule has 1 aromatic carbocycles. The molecule has 4 rings (SSSR count). The SMILES string of the molecule is Cc1nc(Oc2ccc(NC(=O)C3CCOC3)cc2)cc(-n2cccc2)n1. The highest BCUT2D eigenvalue weighted by Gasteiger charge is 2.23. The number of nitrogens with zero attached hydrogens (tertiary/aromatic N) is 3. The zero-order valence-electron chi connectivity index (χ0n) is 15.0. The van der Waals surface area contributed by atoms with Crippen LogP contribution in [0.5, 0.6) is 11.6 Å². The minimum absolute atomic E-state index is 0.0102. The molecule has 0 aliphatic carbocycles. The monoisotopic (exact) mass is 364 g/mol. The summed E-state index contributed by atoms with van der Waals surface area (Å²) >= 11 is 0. The van der Waals surface area contributed by atoms with Crippen LogP contribution in [0.1, 0.15) is 12.2 Å². The minimum Gasteiger partial charge on any atom is -0.439 e. The molecule has 0 saturated carbocycles. The minimum atomic E-state index is -0.0722. The van der Waals surface area contributed by atoms with E-state index >= 15 is 0 Å². The maximum absolute atomic E-state index is 12.1. The van der Waals surface area contributed by atoms with E-state index in [1.165, 1.54) is 0 Å². The van der Waals surface area contributed by atoms with Crippen LogP contribution in [0.3, 0.4) is 0 Å². The predicted octanol–water partition coefficient (Wildman–Crippen LogP) is 3.34. The summed E-state index contributed by atoms with van der Waals surface area (Å²) in [5.41, 5.74) is 0.728. The molecule has 3 aromatic rings. The Labute approximate surface area is 157 Å². The molecular weight excluding hydrogens is 344 g/mol. The second-order valence-electron chi connectivity index (χ2n) is 6.38. The second kappa shape index (κ2) is 7.59. The number of aromatic nitrogens is 3. The lowest BCUT2D eigenvalue weighted by Crippen LogP contribution is -2.22. The standard InChI is InChI=1S/C20H20N4O3/c1-14-21-18(24-9-2-3-10-24)12-19(22-14)27-17-6-4-16(5-7-17)23-20(25)15-8-11-26-13-15/h2-7,9-10,12,15H,8,11,13H2,1H3,(H,23,25). The highest BCUT2D eigenvalue weighted by Crippen LogP contribution is 2.24. The number of aryl methyl sites for hydroxylation is 1. The van der Waals surface area contributed by atoms with Gasteiger partial charge in [-0.3, -0.25) is 4.79 Å². The van der Waals surface area contributed by atoms with Gasteiger partial charge < -0.3 is 19.4 Å². The molecule has 7 heteroatoms. The van der Waals surface area contributed by atoms with E-state index in [9.17, 15) is 4.79 Å². The number of nitrogens with one attached hydrogen (secondary N) is 1. The van der Waals surface area contributed by atoms with Crippen LogP contribution in [0, 0.1) is 12.8 Å². The Morgan fingerprint density at radius 3 is 2.70 bits per heavy atom. The zero-order chi connectivity index (χ0) is 18.6. The van der Waals surface area contributed by atoms with E-state index < -0.39 is 0 Å². The molecule has 0 spiro atoms. The number of carbonyl (C=O) groups excluding carboxylic acids is 1. The van der Waals surface area contributed by atoms with Crippen LogP contribution >= 0.6 is 0 Å². The molecule has 1 aliphatic rings. The fourth-order valence-corrected chi connectivity index (χ4v) is 2.91. The van der Waals surface area contributed by atoms with Gasteiger partial charge in [0.05, 0.1) is 12.5 Å². The number of hydrogen-bond acceptors (Lipinski definition) is 5. The molecule has 1 fully saturated rings. The zero-order valence-corrected chi connectivity index (χ0v) is 15.0. The second-order valence-corrected chi connectivity index (χ2v) is 6.38. The maximum atomic E-state index is 12.1. The summed E-state index contributed by atoms with van der Waals surface area (Å²) in [6.45, 7) is 2.96. The van der Waals surface area contributed by atoms with Crippen LogP contribution < -0.4 is 10.1 Å². The van der Waals surface area contributed by atoms with Gasteiger partial charge in [0.25, 0.3) is 0 Å². The molecule has 27 heavy (non-hydrogen) atoms. The summed E-state index contributed by atoms with van der Waals surface area (Å²) in [7, 11) is 0. The van der Waals surface area contributed by atoms with Crippen LogP contribution in [0.2, 0.25) is 0 Å². The molecule has 1 amide bonds. The molecule has 1 unspecified atom stereocenters. The van der Waals surface area contributed by atoms with Crippen LogP contribution in [-0.4, -0.2) is 33.7 Å². The average Bonchev–Trinajstić information content (AvgIpc) is 3.37. The van der Waals surface area contributed by atoms with Crippen molar-refractivity contribution in [3.05, 3.63) is 60.7 Å². The fourth-order valence-electron chi connectivity index (χ4n) is 2.91. The number of anilines is 1. The van der Waals surface area contributed by atoms with E-state index in [1.807, 2.05) is 48.1 Å². The Morgan fingerprint density at radius 2 is 2.00 bits per heavy atom. The average molecular weight is 364 g/mol. The van der Waals surface area contributed by atoms with E-state index in [0.29, 0.717) is 30.7 Å². The topological polar surface area (TPSA) is 78.3 Å². The molecule has 1 atom stereocenters. The lowest BCUT2D eigenvalue weighted by Gasteiger charge is -2.11. The first kappa shape index (κ1) is 17.2. The quantitative estimate of drug-likeness (QED) is 0.751. The molecule has 1 N–H and O–H groups in total. The van der Waals surface area contributed by atoms with Gasteiger partial charge in [-0.1, -0.05) is 0 Å². The molecule has 7 nitrogen and oxygen atoms in total. The van der Waals surface area contributed by atoms with Gasteiger partial charge in [0.15, 0.2) is 0 Å². The van der Waals surface area contributed by atoms with E-state index in [4.69, 9.17) is 9.47 Å². The first-order valence-corrected chi connectivity index (χ1v) is 8.83. The predicted molar refractivity (Wildman–Crippen MR) is 100 cm³/mol. The summed E-state index contributed by atoms with van der Waals surface area (Å²) in [4.78, 5) is 20.9. The van der Waals surface area contributed by atoms with Gasteiger partial charge in [-0.25, -0.2) is 4.98 Å². The lowest BCUT2D eigenvalue weighted by molar-refractivity contribution is -0.119. The molecule has 3 heterocycles. The fraction of sp³-hybridized carbons (Fsp3) is 0.250. The summed E-state index contributed by atoms with van der Waals surface area (Å²) in [6, 6.07) is 12.9. The van der Waals surface area contributed by atoms with Crippen molar-refractivity contribution < 1.29 is 14.3 Å². The van der Waals surface area contributed by atoms with Crippen molar-refractivity contribution in [2.45, 2.75) is 13.3 Å². The lowest BCUT2D eigenvalue weighted by atomic mass is 10.1. The third-order valence-corrected chi connectivity index (χ3v) is 4.31. The van der Waals surface area contributed by atoms with E-state index in [2.05, 4.69) is 15.3 Å². The molecule has 138 valence electrons. The normalized spacial score (nSPS) is 16.3. The van der Waals surface area contributed by atoms with Crippen molar-refractivity contribution in [3.63, 3.8) is 0 Å². The first-order chi connectivity index (χ1) is 13.2. The number of rotatable bonds is 5. The van der Waals surface area contributed by atoms with Crippen molar-refractivity contribution in [1.29, 1.82) is 0 Å². The number of ether oxygens (including phenoxy) is 2. The summed E-state index contributed by atoms with van der Waals surface area (Å²) in [5.74, 6) is 2.38. The van der Waals surface area contributed by atoms with Gasteiger partial charge in [0.1, 0.15) is 17.4 Å². The molecule has 1 aliphatic heterocycles. The van der Waals surface area contributed by atoms with Crippen molar-refractivity contribution in [2.75, 3.05) is 18.5 Å². The van der Waals surface area contributed by atoms with Gasteiger partial charge in [0.2, 0.25) is 11.8 Å². The summed E-state index contributed by atoms with van der Waals surface area (Å²) in [6.07, 6.45) is 4.60. The Kier molecular flexibility index (Phi) is 4.84. The molecule has 2 aromatic heterocycles. The van der Waals surface area contributed by atoms with Crippen molar-refractivity contribution in [1.82, 2.24) is 14.5 Å². The van der Waals surface area contributed by atoms with Gasteiger partial charge in [0, 0.05) is 30.8 Å². The third-order valence-electron chi connectivity index (χ3n) is 4.31. The highest BCUT2D eigenvalue weighted by molar-refractivity contribution is 5.92. The largest absolute Gasteiger partial charge is 0.439 e. The van der Waals surface area contributed by atoms with E-state index in [0.717, 1.165) is 17.9 Å². The molecule has 0 bridgehead atoms. The van der Waals surface area contributed by atoms with Crippen molar-refractivity contribution in [2.24, 2.45) is 5.92 Å². The Morgan fingerprint density at radius 1 is 1.22 bits per heavy atom.